The smallest absolute Gasteiger partial charge is 0.142 e. The number of nitrogens with zero attached hydrogens (tertiary/aromatic N) is 5. The number of hydrogen-bond donors (Lipinski definition) is 0. The van der Waals surface area contributed by atoms with E-state index in [-0.39, 0.29) is 0 Å². The Labute approximate surface area is 139 Å². The van der Waals surface area contributed by atoms with Gasteiger partial charge in [-0.2, -0.15) is 5.10 Å². The van der Waals surface area contributed by atoms with Crippen LogP contribution in [-0.2, 0) is 7.05 Å². The second kappa shape index (κ2) is 5.03. The van der Waals surface area contributed by atoms with Crippen molar-refractivity contribution in [3.05, 3.63) is 55.1 Å². The summed E-state index contributed by atoms with van der Waals surface area (Å²) in [6, 6.07) is 11.1. The van der Waals surface area contributed by atoms with Crippen LogP contribution in [0, 0.1) is 0 Å². The quantitative estimate of drug-likeness (QED) is 0.577. The Morgan fingerprint density at radius 2 is 1.96 bits per heavy atom. The summed E-state index contributed by atoms with van der Waals surface area (Å²) in [7, 11) is 1.94. The number of aryl methyl sites for hydroxylation is 1. The minimum absolute atomic E-state index is 0.550. The number of fused-ring (bicyclic) bond motifs is 1. The van der Waals surface area contributed by atoms with Gasteiger partial charge in [-0.05, 0) is 42.7 Å². The monoisotopic (exact) mass is 315 g/mol. The van der Waals surface area contributed by atoms with Crippen molar-refractivity contribution in [3.63, 3.8) is 0 Å². The molecule has 0 amide bonds. The maximum absolute atomic E-state index is 4.89. The van der Waals surface area contributed by atoms with Crippen LogP contribution in [0.3, 0.4) is 0 Å². The van der Waals surface area contributed by atoms with Crippen molar-refractivity contribution in [3.8, 4) is 22.5 Å². The molecule has 5 nitrogen and oxygen atoms in total. The Hall–Kier alpha value is -2.95. The van der Waals surface area contributed by atoms with Crippen LogP contribution in [0.25, 0.3) is 33.5 Å². The van der Waals surface area contributed by atoms with Crippen LogP contribution in [0.1, 0.15) is 18.9 Å². The zero-order chi connectivity index (χ0) is 16.1. The third-order valence-corrected chi connectivity index (χ3v) is 4.56. The largest absolute Gasteiger partial charge is 0.321 e. The van der Waals surface area contributed by atoms with E-state index in [0.717, 1.165) is 22.5 Å². The number of aromatic nitrogens is 5. The van der Waals surface area contributed by atoms with Gasteiger partial charge in [-0.15, -0.1) is 0 Å². The molecular formula is C19H17N5. The first-order valence-electron chi connectivity index (χ1n) is 8.21. The maximum Gasteiger partial charge on any atom is 0.142 e. The van der Waals surface area contributed by atoms with E-state index in [1.165, 1.54) is 23.9 Å². The van der Waals surface area contributed by atoms with Gasteiger partial charge in [-0.25, -0.2) is 4.98 Å². The van der Waals surface area contributed by atoms with Crippen LogP contribution in [-0.4, -0.2) is 24.3 Å². The molecular weight excluding hydrogens is 298 g/mol. The summed E-state index contributed by atoms with van der Waals surface area (Å²) in [5, 5.41) is 4.28. The molecule has 0 saturated heterocycles. The van der Waals surface area contributed by atoms with Crippen molar-refractivity contribution in [2.45, 2.75) is 18.9 Å². The summed E-state index contributed by atoms with van der Waals surface area (Å²) in [6.45, 7) is 0. The van der Waals surface area contributed by atoms with E-state index < -0.39 is 0 Å². The van der Waals surface area contributed by atoms with Gasteiger partial charge in [-0.3, -0.25) is 9.67 Å². The highest BCUT2D eigenvalue weighted by atomic mass is 15.2. The Kier molecular flexibility index (Phi) is 2.82. The molecule has 1 saturated carbocycles. The predicted octanol–water partition coefficient (Wildman–Crippen LogP) is 3.83. The molecule has 0 unspecified atom stereocenters. The molecule has 0 N–H and O–H groups in total. The minimum Gasteiger partial charge on any atom is -0.321 e. The highest BCUT2D eigenvalue weighted by Gasteiger charge is 2.28. The second-order valence-corrected chi connectivity index (χ2v) is 6.38. The first-order chi connectivity index (χ1) is 11.8. The first kappa shape index (κ1) is 13.5. The van der Waals surface area contributed by atoms with Gasteiger partial charge in [0.25, 0.3) is 0 Å². The fraction of sp³-hybridized carbons (Fsp3) is 0.211. The lowest BCUT2D eigenvalue weighted by molar-refractivity contribution is 0.768. The van der Waals surface area contributed by atoms with Crippen LogP contribution >= 0.6 is 0 Å². The minimum atomic E-state index is 0.550. The van der Waals surface area contributed by atoms with E-state index in [9.17, 15) is 0 Å². The fourth-order valence-electron chi connectivity index (χ4n) is 3.24. The van der Waals surface area contributed by atoms with E-state index in [4.69, 9.17) is 4.98 Å². The summed E-state index contributed by atoms with van der Waals surface area (Å²) < 4.78 is 4.21. The molecule has 3 heterocycles. The van der Waals surface area contributed by atoms with E-state index in [1.54, 1.807) is 6.20 Å². The van der Waals surface area contributed by atoms with Gasteiger partial charge in [0.2, 0.25) is 0 Å². The van der Waals surface area contributed by atoms with Gasteiger partial charge in [0.15, 0.2) is 0 Å². The summed E-state index contributed by atoms with van der Waals surface area (Å²) in [5.41, 5.74) is 5.61. The molecule has 5 heteroatoms. The lowest BCUT2D eigenvalue weighted by Gasteiger charge is -2.08. The summed E-state index contributed by atoms with van der Waals surface area (Å²) in [6.07, 6.45) is 10.1. The summed E-state index contributed by atoms with van der Waals surface area (Å²) in [4.78, 5) is 9.14. The Balaban J connectivity index is 1.73. The van der Waals surface area contributed by atoms with Gasteiger partial charge in [-0.1, -0.05) is 6.07 Å². The number of hydrogen-bond acceptors (Lipinski definition) is 3. The number of imidazole rings is 1. The van der Waals surface area contributed by atoms with Crippen molar-refractivity contribution >= 4 is 11.0 Å². The Morgan fingerprint density at radius 3 is 2.67 bits per heavy atom. The SMILES string of the molecule is Cn1cc(-c2ccc3nc(-c4cccnc4)n(C4CC4)c3c2)cn1. The molecule has 24 heavy (non-hydrogen) atoms. The van der Waals surface area contributed by atoms with Crippen LogP contribution in [0.15, 0.2) is 55.1 Å². The topological polar surface area (TPSA) is 48.5 Å². The molecule has 1 fully saturated rings. The normalized spacial score (nSPS) is 14.4. The standard InChI is InChI=1S/C19H17N5/c1-23-12-15(11-21-23)13-4-7-17-18(9-13)24(16-5-6-16)19(22-17)14-3-2-8-20-10-14/h2-4,7-12,16H,5-6H2,1H3. The van der Waals surface area contributed by atoms with Gasteiger partial charge in [0, 0.05) is 42.8 Å². The molecule has 0 spiro atoms. The zero-order valence-corrected chi connectivity index (χ0v) is 13.4. The summed E-state index contributed by atoms with van der Waals surface area (Å²) in [5.74, 6) is 1.02. The van der Waals surface area contributed by atoms with Crippen molar-refractivity contribution in [1.29, 1.82) is 0 Å². The molecule has 4 aromatic rings. The molecule has 0 bridgehead atoms. The molecule has 1 aliphatic rings. The van der Waals surface area contributed by atoms with Crippen molar-refractivity contribution in [2.75, 3.05) is 0 Å². The van der Waals surface area contributed by atoms with Crippen LogP contribution < -0.4 is 0 Å². The average Bonchev–Trinajstić information content (AvgIpc) is 3.24. The lowest BCUT2D eigenvalue weighted by Crippen LogP contribution is -1.97. The van der Waals surface area contributed by atoms with Gasteiger partial charge in [0.1, 0.15) is 5.82 Å². The van der Waals surface area contributed by atoms with Crippen LogP contribution in [0.5, 0.6) is 0 Å². The Bertz CT molecular complexity index is 1020. The average molecular weight is 315 g/mol. The van der Waals surface area contributed by atoms with E-state index in [2.05, 4.69) is 38.9 Å². The number of pyridine rings is 1. The van der Waals surface area contributed by atoms with Crippen molar-refractivity contribution < 1.29 is 0 Å². The zero-order valence-electron chi connectivity index (χ0n) is 13.4. The maximum atomic E-state index is 4.89. The van der Waals surface area contributed by atoms with Gasteiger partial charge >= 0.3 is 0 Å². The van der Waals surface area contributed by atoms with E-state index in [0.29, 0.717) is 6.04 Å². The molecule has 0 aliphatic heterocycles. The molecule has 1 aliphatic carbocycles. The van der Waals surface area contributed by atoms with Crippen molar-refractivity contribution in [2.24, 2.45) is 7.05 Å². The fourth-order valence-corrected chi connectivity index (χ4v) is 3.24. The second-order valence-electron chi connectivity index (χ2n) is 6.38. The van der Waals surface area contributed by atoms with Gasteiger partial charge < -0.3 is 4.57 Å². The third kappa shape index (κ3) is 2.12. The number of rotatable bonds is 3. The van der Waals surface area contributed by atoms with E-state index >= 15 is 0 Å². The number of benzene rings is 1. The predicted molar refractivity (Wildman–Crippen MR) is 93.4 cm³/mol. The van der Waals surface area contributed by atoms with Crippen molar-refractivity contribution in [1.82, 2.24) is 24.3 Å². The Morgan fingerprint density at radius 1 is 1.04 bits per heavy atom. The molecule has 3 aromatic heterocycles. The highest BCUT2D eigenvalue weighted by Crippen LogP contribution is 2.41. The molecule has 1 aromatic carbocycles. The summed E-state index contributed by atoms with van der Waals surface area (Å²) >= 11 is 0. The lowest BCUT2D eigenvalue weighted by atomic mass is 10.1. The van der Waals surface area contributed by atoms with Crippen LogP contribution in [0.2, 0.25) is 0 Å². The molecule has 5 rings (SSSR count). The molecule has 0 atom stereocenters. The molecule has 0 radical (unpaired) electrons. The first-order valence-corrected chi connectivity index (χ1v) is 8.21. The molecule has 118 valence electrons. The third-order valence-electron chi connectivity index (χ3n) is 4.56. The van der Waals surface area contributed by atoms with Gasteiger partial charge in [0.05, 0.1) is 17.2 Å². The van der Waals surface area contributed by atoms with E-state index in [1.807, 2.05) is 36.4 Å². The van der Waals surface area contributed by atoms with Crippen LogP contribution in [0.4, 0.5) is 0 Å². The highest BCUT2D eigenvalue weighted by molar-refractivity contribution is 5.85.